The number of halogens is 3. The van der Waals surface area contributed by atoms with Gasteiger partial charge in [-0.25, -0.2) is 9.37 Å². The van der Waals surface area contributed by atoms with Gasteiger partial charge in [0.15, 0.2) is 5.82 Å². The molecule has 1 aromatic carbocycles. The average molecular weight is 303 g/mol. The molecule has 82 valence electrons. The van der Waals surface area contributed by atoms with Gasteiger partial charge in [-0.1, -0.05) is 23.7 Å². The smallest absolute Gasteiger partial charge is 0.255 e. The van der Waals surface area contributed by atoms with Gasteiger partial charge in [0.2, 0.25) is 0 Å². The Kier molecular flexibility index (Phi) is 3.41. The zero-order valence-corrected chi connectivity index (χ0v) is 10.3. The van der Waals surface area contributed by atoms with Crippen molar-refractivity contribution in [3.63, 3.8) is 0 Å². The minimum absolute atomic E-state index is 0.101. The summed E-state index contributed by atoms with van der Waals surface area (Å²) in [4.78, 5) is 3.81. The fraction of sp³-hybridized carbons (Fsp3) is 0. The molecular weight excluding hydrogens is 296 g/mol. The van der Waals surface area contributed by atoms with Crippen LogP contribution >= 0.6 is 27.5 Å². The summed E-state index contributed by atoms with van der Waals surface area (Å²) in [5.41, 5.74) is 0. The summed E-state index contributed by atoms with van der Waals surface area (Å²) in [5, 5.41) is 0.409. The molecule has 0 saturated carbocycles. The molecule has 0 aliphatic rings. The van der Waals surface area contributed by atoms with E-state index >= 15 is 0 Å². The van der Waals surface area contributed by atoms with Gasteiger partial charge < -0.3 is 4.74 Å². The summed E-state index contributed by atoms with van der Waals surface area (Å²) in [6.45, 7) is 0. The normalized spacial score (nSPS) is 10.2. The summed E-state index contributed by atoms with van der Waals surface area (Å²) in [6, 6.07) is 8.09. The largest absolute Gasteiger partial charge is 0.435 e. The molecule has 2 aromatic rings. The molecule has 2 nitrogen and oxygen atoms in total. The molecule has 0 atom stereocenters. The van der Waals surface area contributed by atoms with Crippen LogP contribution in [0.4, 0.5) is 4.39 Å². The summed E-state index contributed by atoms with van der Waals surface area (Å²) in [6.07, 6.45) is 1.45. The van der Waals surface area contributed by atoms with Crippen LogP contribution in [0.2, 0.25) is 5.02 Å². The quantitative estimate of drug-likeness (QED) is 0.819. The molecule has 0 bridgehead atoms. The lowest BCUT2D eigenvalue weighted by Crippen LogP contribution is -1.92. The van der Waals surface area contributed by atoms with Crippen LogP contribution in [0, 0.1) is 5.82 Å². The number of ether oxygens (including phenoxy) is 1. The second-order valence-electron chi connectivity index (χ2n) is 2.97. The Labute approximate surface area is 105 Å². The Morgan fingerprint density at radius 2 is 2.06 bits per heavy atom. The van der Waals surface area contributed by atoms with Gasteiger partial charge in [-0.05, 0) is 34.1 Å². The zero-order valence-electron chi connectivity index (χ0n) is 7.95. The Morgan fingerprint density at radius 1 is 1.31 bits per heavy atom. The summed E-state index contributed by atoms with van der Waals surface area (Å²) >= 11 is 8.99. The van der Waals surface area contributed by atoms with Crippen LogP contribution in [0.3, 0.4) is 0 Å². The Hall–Kier alpha value is -1.13. The number of rotatable bonds is 2. The third-order valence-corrected chi connectivity index (χ3v) is 2.56. The summed E-state index contributed by atoms with van der Waals surface area (Å²) < 4.78 is 19.2. The molecule has 0 unspecified atom stereocenters. The highest BCUT2D eigenvalue weighted by molar-refractivity contribution is 9.10. The molecule has 0 amide bonds. The second-order valence-corrected chi connectivity index (χ2v) is 4.30. The van der Waals surface area contributed by atoms with Crippen LogP contribution in [0.5, 0.6) is 11.6 Å². The van der Waals surface area contributed by atoms with Crippen molar-refractivity contribution < 1.29 is 9.13 Å². The maximum absolute atomic E-state index is 13.4. The van der Waals surface area contributed by atoms with Crippen LogP contribution in [0.1, 0.15) is 0 Å². The van der Waals surface area contributed by atoms with Gasteiger partial charge in [0.25, 0.3) is 5.88 Å². The molecule has 0 saturated heterocycles. The van der Waals surface area contributed by atoms with E-state index < -0.39 is 5.82 Å². The van der Waals surface area contributed by atoms with Crippen molar-refractivity contribution in [2.75, 3.05) is 0 Å². The van der Waals surface area contributed by atoms with Gasteiger partial charge in [-0.2, -0.15) is 0 Å². The molecule has 0 aliphatic carbocycles. The summed E-state index contributed by atoms with van der Waals surface area (Å²) in [5.74, 6) is -0.275. The first-order chi connectivity index (χ1) is 7.66. The standard InChI is InChI=1S/C11H6BrClFNO/c12-7-5-9(14)11(15-6-7)16-10-4-2-1-3-8(10)13/h1-6H. The number of para-hydroxylation sites is 1. The fourth-order valence-corrected chi connectivity index (χ4v) is 1.59. The van der Waals surface area contributed by atoms with E-state index in [2.05, 4.69) is 20.9 Å². The SMILES string of the molecule is Fc1cc(Br)cnc1Oc1ccccc1Cl. The Morgan fingerprint density at radius 3 is 2.75 bits per heavy atom. The highest BCUT2D eigenvalue weighted by atomic mass is 79.9. The lowest BCUT2D eigenvalue weighted by molar-refractivity contribution is 0.422. The molecule has 2 rings (SSSR count). The lowest BCUT2D eigenvalue weighted by atomic mass is 10.3. The highest BCUT2D eigenvalue weighted by Gasteiger charge is 2.08. The molecule has 5 heteroatoms. The van der Waals surface area contributed by atoms with Crippen molar-refractivity contribution in [2.45, 2.75) is 0 Å². The lowest BCUT2D eigenvalue weighted by Gasteiger charge is -2.06. The van der Waals surface area contributed by atoms with Gasteiger partial charge >= 0.3 is 0 Å². The van der Waals surface area contributed by atoms with Gasteiger partial charge in [0, 0.05) is 10.7 Å². The van der Waals surface area contributed by atoms with Crippen LogP contribution in [0.15, 0.2) is 41.0 Å². The van der Waals surface area contributed by atoms with E-state index in [9.17, 15) is 4.39 Å². The van der Waals surface area contributed by atoms with Crippen molar-refractivity contribution in [2.24, 2.45) is 0 Å². The summed E-state index contributed by atoms with van der Waals surface area (Å²) in [7, 11) is 0. The Bertz CT molecular complexity index is 521. The first-order valence-electron chi connectivity index (χ1n) is 4.40. The van der Waals surface area contributed by atoms with Gasteiger partial charge in [0.1, 0.15) is 5.75 Å². The van der Waals surface area contributed by atoms with Crippen molar-refractivity contribution >= 4 is 27.5 Å². The van der Waals surface area contributed by atoms with Crippen LogP contribution < -0.4 is 4.74 Å². The van der Waals surface area contributed by atoms with Gasteiger partial charge in [-0.15, -0.1) is 0 Å². The Balaban J connectivity index is 2.31. The van der Waals surface area contributed by atoms with Gasteiger partial charge in [-0.3, -0.25) is 0 Å². The van der Waals surface area contributed by atoms with Crippen LogP contribution in [0.25, 0.3) is 0 Å². The van der Waals surface area contributed by atoms with Crippen LogP contribution in [-0.2, 0) is 0 Å². The molecular formula is C11H6BrClFNO. The number of hydrogen-bond acceptors (Lipinski definition) is 2. The first kappa shape index (κ1) is 11.4. The van der Waals surface area contributed by atoms with E-state index in [-0.39, 0.29) is 5.88 Å². The number of pyridine rings is 1. The first-order valence-corrected chi connectivity index (χ1v) is 5.57. The van der Waals surface area contributed by atoms with E-state index in [0.717, 1.165) is 0 Å². The maximum atomic E-state index is 13.4. The monoisotopic (exact) mass is 301 g/mol. The van der Waals surface area contributed by atoms with E-state index in [1.54, 1.807) is 24.3 Å². The molecule has 0 N–H and O–H groups in total. The maximum Gasteiger partial charge on any atom is 0.255 e. The second kappa shape index (κ2) is 4.80. The van der Waals surface area contributed by atoms with Crippen molar-refractivity contribution in [1.82, 2.24) is 4.98 Å². The third kappa shape index (κ3) is 2.51. The van der Waals surface area contributed by atoms with Crippen molar-refractivity contribution in [3.05, 3.63) is 51.8 Å². The van der Waals surface area contributed by atoms with Gasteiger partial charge in [0.05, 0.1) is 5.02 Å². The van der Waals surface area contributed by atoms with Crippen LogP contribution in [-0.4, -0.2) is 4.98 Å². The van der Waals surface area contributed by atoms with Crippen molar-refractivity contribution in [3.8, 4) is 11.6 Å². The van der Waals surface area contributed by atoms with E-state index in [0.29, 0.717) is 15.2 Å². The van der Waals surface area contributed by atoms with E-state index in [4.69, 9.17) is 16.3 Å². The topological polar surface area (TPSA) is 22.1 Å². The number of nitrogens with zero attached hydrogens (tertiary/aromatic N) is 1. The number of aromatic nitrogens is 1. The van der Waals surface area contributed by atoms with Crippen molar-refractivity contribution in [1.29, 1.82) is 0 Å². The molecule has 0 spiro atoms. The molecule has 16 heavy (non-hydrogen) atoms. The minimum atomic E-state index is -0.547. The van der Waals surface area contributed by atoms with E-state index in [1.807, 2.05) is 0 Å². The fourth-order valence-electron chi connectivity index (χ4n) is 1.11. The molecule has 0 fully saturated rings. The predicted octanol–water partition coefficient (Wildman–Crippen LogP) is 4.43. The zero-order chi connectivity index (χ0) is 11.5. The highest BCUT2D eigenvalue weighted by Crippen LogP contribution is 2.29. The molecule has 0 radical (unpaired) electrons. The average Bonchev–Trinajstić information content (AvgIpc) is 2.25. The third-order valence-electron chi connectivity index (χ3n) is 1.82. The number of hydrogen-bond donors (Lipinski definition) is 0. The predicted molar refractivity (Wildman–Crippen MR) is 63.4 cm³/mol. The minimum Gasteiger partial charge on any atom is -0.435 e. The molecule has 0 aliphatic heterocycles. The molecule has 1 aromatic heterocycles. The number of benzene rings is 1. The van der Waals surface area contributed by atoms with E-state index in [1.165, 1.54) is 12.3 Å². The molecule has 1 heterocycles.